The van der Waals surface area contributed by atoms with E-state index in [-0.39, 0.29) is 18.9 Å². The molecule has 0 spiro atoms. The fourth-order valence-electron chi connectivity index (χ4n) is 8.25. The van der Waals surface area contributed by atoms with Crippen LogP contribution in [0.2, 0.25) is 0 Å². The molecule has 0 saturated carbocycles. The standard InChI is InChI=1S/C45H83NO18/c1-3-5-7-9-10-11-12-13-14-15-16-17-19-21-23-33(51)46-28(29(50)22-20-18-8-6-4-2)27-59-43-39(57)36(54)41(31(25-48)61-43)64-45-40(58)37(55)42(32(26-49)62-45)63-44-38(56)35(53)34(52)30(24-47)60-44/h20,22,28-32,34-45,47-50,52-58H,3-19,21,23-27H2,1-2H3,(H,46,51)/b22-20+. The Morgan fingerprint density at radius 3 is 1.47 bits per heavy atom. The number of rotatable bonds is 32. The van der Waals surface area contributed by atoms with E-state index >= 15 is 0 Å². The first-order valence-corrected chi connectivity index (χ1v) is 23.9. The second kappa shape index (κ2) is 31.6. The van der Waals surface area contributed by atoms with Crippen molar-refractivity contribution in [1.29, 1.82) is 0 Å². The van der Waals surface area contributed by atoms with Crippen LogP contribution in [0.5, 0.6) is 0 Å². The van der Waals surface area contributed by atoms with Crippen molar-refractivity contribution in [2.24, 2.45) is 0 Å². The van der Waals surface area contributed by atoms with Crippen LogP contribution in [0.15, 0.2) is 12.2 Å². The molecule has 3 aliphatic heterocycles. The molecule has 19 nitrogen and oxygen atoms in total. The number of aliphatic hydroxyl groups excluding tert-OH is 11. The van der Waals surface area contributed by atoms with E-state index in [9.17, 15) is 61.0 Å². The number of hydrogen-bond donors (Lipinski definition) is 12. The van der Waals surface area contributed by atoms with Crippen LogP contribution in [0.4, 0.5) is 0 Å². The van der Waals surface area contributed by atoms with E-state index in [4.69, 9.17) is 28.4 Å². The van der Waals surface area contributed by atoms with Crippen LogP contribution in [0.3, 0.4) is 0 Å². The second-order valence-corrected chi connectivity index (χ2v) is 17.6. The largest absolute Gasteiger partial charge is 0.394 e. The van der Waals surface area contributed by atoms with Crippen LogP contribution in [-0.4, -0.2) is 193 Å². The quantitative estimate of drug-likeness (QED) is 0.0319. The van der Waals surface area contributed by atoms with Crippen molar-refractivity contribution in [3.63, 3.8) is 0 Å². The lowest BCUT2D eigenvalue weighted by molar-refractivity contribution is -0.379. The van der Waals surface area contributed by atoms with E-state index in [1.807, 2.05) is 6.08 Å². The zero-order chi connectivity index (χ0) is 47.0. The third-order valence-electron chi connectivity index (χ3n) is 12.3. The second-order valence-electron chi connectivity index (χ2n) is 17.6. The highest BCUT2D eigenvalue weighted by molar-refractivity contribution is 5.76. The number of unbranched alkanes of at least 4 members (excludes halogenated alkanes) is 16. The first kappa shape index (κ1) is 56.9. The molecule has 17 unspecified atom stereocenters. The summed E-state index contributed by atoms with van der Waals surface area (Å²) in [6, 6.07) is -0.961. The minimum atomic E-state index is -1.97. The molecule has 0 aromatic rings. The molecule has 3 aliphatic rings. The third-order valence-corrected chi connectivity index (χ3v) is 12.3. The number of allylic oxidation sites excluding steroid dienone is 1. The minimum absolute atomic E-state index is 0.246. The van der Waals surface area contributed by atoms with Gasteiger partial charge in [0, 0.05) is 6.42 Å². The molecule has 3 fully saturated rings. The zero-order valence-corrected chi connectivity index (χ0v) is 38.0. The van der Waals surface area contributed by atoms with E-state index in [0.717, 1.165) is 44.9 Å². The fraction of sp³-hybridized carbons (Fsp3) is 0.933. The van der Waals surface area contributed by atoms with Crippen LogP contribution in [-0.2, 0) is 33.2 Å². The van der Waals surface area contributed by atoms with Crippen LogP contribution < -0.4 is 5.32 Å². The van der Waals surface area contributed by atoms with Crippen molar-refractivity contribution in [1.82, 2.24) is 5.32 Å². The van der Waals surface area contributed by atoms with Crippen molar-refractivity contribution < 1.29 is 89.4 Å². The number of amides is 1. The number of aliphatic hydroxyl groups is 11. The molecule has 0 aromatic carbocycles. The summed E-state index contributed by atoms with van der Waals surface area (Å²) < 4.78 is 33.9. The summed E-state index contributed by atoms with van der Waals surface area (Å²) in [5.74, 6) is -0.284. The van der Waals surface area contributed by atoms with Gasteiger partial charge in [0.2, 0.25) is 5.91 Å². The van der Waals surface area contributed by atoms with Crippen LogP contribution in [0.25, 0.3) is 0 Å². The Bertz CT molecular complexity index is 1250. The van der Waals surface area contributed by atoms with Gasteiger partial charge in [-0.15, -0.1) is 0 Å². The van der Waals surface area contributed by atoms with Gasteiger partial charge in [-0.05, 0) is 19.3 Å². The van der Waals surface area contributed by atoms with Crippen molar-refractivity contribution in [2.75, 3.05) is 26.4 Å². The molecule has 12 N–H and O–H groups in total. The first-order chi connectivity index (χ1) is 30.8. The Balaban J connectivity index is 1.53. The van der Waals surface area contributed by atoms with Gasteiger partial charge < -0.3 is 89.9 Å². The average Bonchev–Trinajstić information content (AvgIpc) is 3.29. The summed E-state index contributed by atoms with van der Waals surface area (Å²) in [5.41, 5.74) is 0. The van der Waals surface area contributed by atoms with Crippen molar-refractivity contribution >= 4 is 5.91 Å². The molecule has 0 aliphatic carbocycles. The highest BCUT2D eigenvalue weighted by atomic mass is 16.8. The molecule has 3 saturated heterocycles. The summed E-state index contributed by atoms with van der Waals surface area (Å²) in [5, 5.41) is 119. The van der Waals surface area contributed by atoms with Gasteiger partial charge in [-0.2, -0.15) is 0 Å². The summed E-state index contributed by atoms with van der Waals surface area (Å²) in [6.45, 7) is 1.55. The van der Waals surface area contributed by atoms with E-state index in [1.54, 1.807) is 6.08 Å². The van der Waals surface area contributed by atoms with E-state index in [1.165, 1.54) is 64.2 Å². The summed E-state index contributed by atoms with van der Waals surface area (Å²) in [6.07, 6.45) is -2.78. The van der Waals surface area contributed by atoms with Crippen LogP contribution >= 0.6 is 0 Å². The van der Waals surface area contributed by atoms with E-state index in [0.29, 0.717) is 6.42 Å². The van der Waals surface area contributed by atoms with E-state index < -0.39 is 124 Å². The van der Waals surface area contributed by atoms with Crippen molar-refractivity contribution in [2.45, 2.75) is 240 Å². The predicted octanol–water partition coefficient (Wildman–Crippen LogP) is 0.305. The van der Waals surface area contributed by atoms with Crippen LogP contribution in [0.1, 0.15) is 136 Å². The summed E-state index contributed by atoms with van der Waals surface area (Å²) in [4.78, 5) is 13.1. The smallest absolute Gasteiger partial charge is 0.220 e. The Morgan fingerprint density at radius 2 is 0.969 bits per heavy atom. The average molecular weight is 926 g/mol. The van der Waals surface area contributed by atoms with Crippen LogP contribution in [0, 0.1) is 0 Å². The Kier molecular flexibility index (Phi) is 28.0. The van der Waals surface area contributed by atoms with Gasteiger partial charge in [0.15, 0.2) is 18.9 Å². The zero-order valence-electron chi connectivity index (χ0n) is 38.0. The molecular formula is C45H83NO18. The molecular weight excluding hydrogens is 842 g/mol. The van der Waals surface area contributed by atoms with Gasteiger partial charge in [0.1, 0.15) is 73.2 Å². The Labute approximate surface area is 378 Å². The normalized spacial score (nSPS) is 34.5. The molecule has 17 atom stereocenters. The van der Waals surface area contributed by atoms with Gasteiger partial charge in [0.25, 0.3) is 0 Å². The highest BCUT2D eigenvalue weighted by Crippen LogP contribution is 2.33. The Morgan fingerprint density at radius 1 is 0.547 bits per heavy atom. The van der Waals surface area contributed by atoms with E-state index in [2.05, 4.69) is 19.2 Å². The highest BCUT2D eigenvalue weighted by Gasteiger charge is 2.53. The topological polar surface area (TPSA) is 307 Å². The lowest BCUT2D eigenvalue weighted by Crippen LogP contribution is -2.66. The number of ether oxygens (including phenoxy) is 6. The number of nitrogens with one attached hydrogen (secondary N) is 1. The summed E-state index contributed by atoms with van der Waals surface area (Å²) in [7, 11) is 0. The van der Waals surface area contributed by atoms with Crippen molar-refractivity contribution in [3.05, 3.63) is 12.2 Å². The third kappa shape index (κ3) is 18.2. The van der Waals surface area contributed by atoms with Gasteiger partial charge in [0.05, 0.1) is 38.6 Å². The number of carbonyl (C=O) groups is 1. The van der Waals surface area contributed by atoms with Gasteiger partial charge in [-0.3, -0.25) is 4.79 Å². The van der Waals surface area contributed by atoms with Crippen molar-refractivity contribution in [3.8, 4) is 0 Å². The first-order valence-electron chi connectivity index (χ1n) is 23.9. The van der Waals surface area contributed by atoms with Gasteiger partial charge in [-0.1, -0.05) is 122 Å². The predicted molar refractivity (Wildman–Crippen MR) is 231 cm³/mol. The minimum Gasteiger partial charge on any atom is -0.394 e. The molecule has 0 radical (unpaired) electrons. The molecule has 19 heteroatoms. The monoisotopic (exact) mass is 926 g/mol. The molecule has 376 valence electrons. The maximum atomic E-state index is 13.1. The fourth-order valence-corrected chi connectivity index (χ4v) is 8.25. The summed E-state index contributed by atoms with van der Waals surface area (Å²) >= 11 is 0. The maximum absolute atomic E-state index is 13.1. The molecule has 0 bridgehead atoms. The molecule has 3 rings (SSSR count). The Hall–Kier alpha value is -1.47. The molecule has 1 amide bonds. The SMILES string of the molecule is CCCCC/C=C/C(O)C(COC1OC(CO)C(OC2OC(CO)C(OC3OC(CO)C(O)C(O)C3O)C(O)C2O)C(O)C1O)NC(=O)CCCCCCCCCCCCCCCC. The van der Waals surface area contributed by atoms with Gasteiger partial charge in [-0.25, -0.2) is 0 Å². The maximum Gasteiger partial charge on any atom is 0.220 e. The lowest BCUT2D eigenvalue weighted by Gasteiger charge is -2.48. The molecule has 64 heavy (non-hydrogen) atoms. The number of hydrogen-bond acceptors (Lipinski definition) is 18. The molecule has 0 aromatic heterocycles. The van der Waals surface area contributed by atoms with Gasteiger partial charge >= 0.3 is 0 Å². The lowest BCUT2D eigenvalue weighted by atomic mass is 9.96. The molecule has 3 heterocycles. The number of carbonyl (C=O) groups excluding carboxylic acids is 1.